The van der Waals surface area contributed by atoms with Gasteiger partial charge in [0.25, 0.3) is 0 Å². The third-order valence-corrected chi connectivity index (χ3v) is 4.09. The number of rotatable bonds is 2. The Hall–Kier alpha value is -1.35. The minimum atomic E-state index is -0.0137. The van der Waals surface area contributed by atoms with Crippen molar-refractivity contribution >= 4 is 12.6 Å². The molecule has 2 N–H and O–H groups in total. The van der Waals surface area contributed by atoms with Crippen LogP contribution in [-0.4, -0.2) is 10.2 Å². The van der Waals surface area contributed by atoms with Crippen LogP contribution in [0.4, 0.5) is 0 Å². The fourth-order valence-corrected chi connectivity index (χ4v) is 3.10. The predicted octanol–water partition coefficient (Wildman–Crippen LogP) is 4.40. The lowest BCUT2D eigenvalue weighted by Gasteiger charge is -2.31. The molecular formula is C16H20O2S. The number of benzene rings is 1. The molecule has 1 aromatic carbocycles. The van der Waals surface area contributed by atoms with Gasteiger partial charge in [-0.3, -0.25) is 0 Å². The van der Waals surface area contributed by atoms with Crippen molar-refractivity contribution in [1.82, 2.24) is 0 Å². The Bertz CT molecular complexity index is 523. The van der Waals surface area contributed by atoms with E-state index in [0.717, 1.165) is 18.4 Å². The minimum absolute atomic E-state index is 0.0137. The molecule has 102 valence electrons. The summed E-state index contributed by atoms with van der Waals surface area (Å²) >= 11 is 4.16. The summed E-state index contributed by atoms with van der Waals surface area (Å²) in [6, 6.07) is 3.15. The topological polar surface area (TPSA) is 40.5 Å². The number of phenolic OH excluding ortho intramolecular Hbond substituents is 2. The van der Waals surface area contributed by atoms with E-state index < -0.39 is 0 Å². The Balaban J connectivity index is 2.54. The van der Waals surface area contributed by atoms with Crippen molar-refractivity contribution in [2.24, 2.45) is 5.92 Å². The molecule has 0 fully saturated rings. The smallest absolute Gasteiger partial charge is 0.124 e. The Labute approximate surface area is 119 Å². The van der Waals surface area contributed by atoms with E-state index in [2.05, 4.69) is 32.2 Å². The summed E-state index contributed by atoms with van der Waals surface area (Å²) in [5.41, 5.74) is 2.96. The molecule has 2 unspecified atom stereocenters. The normalized spacial score (nSPS) is 23.0. The Morgan fingerprint density at radius 1 is 1.32 bits per heavy atom. The van der Waals surface area contributed by atoms with Crippen LogP contribution in [0.25, 0.3) is 0 Å². The van der Waals surface area contributed by atoms with Crippen LogP contribution in [0.1, 0.15) is 38.2 Å². The first-order valence-electron chi connectivity index (χ1n) is 6.47. The number of aromatic hydroxyl groups is 2. The van der Waals surface area contributed by atoms with Gasteiger partial charge in [0.2, 0.25) is 0 Å². The van der Waals surface area contributed by atoms with E-state index in [1.54, 1.807) is 12.1 Å². The molecule has 0 radical (unpaired) electrons. The van der Waals surface area contributed by atoms with Crippen molar-refractivity contribution in [1.29, 1.82) is 0 Å². The number of thiol groups is 1. The second-order valence-corrected chi connectivity index (χ2v) is 5.94. The molecule has 0 spiro atoms. The highest BCUT2D eigenvalue weighted by Gasteiger charge is 2.29. The summed E-state index contributed by atoms with van der Waals surface area (Å²) in [5, 5.41) is 20.3. The fourth-order valence-electron chi connectivity index (χ4n) is 2.86. The molecule has 1 aromatic rings. The third-order valence-electron chi connectivity index (χ3n) is 3.83. The standard InChI is InChI=1S/C16H20O2S/c1-9(2)12-5-4-10(3)6-13(12)16-14(17)7-11(19)8-15(16)18/h6-8,12-13,17-19H,1,4-5H2,2-3H3. The van der Waals surface area contributed by atoms with Crippen molar-refractivity contribution in [3.05, 3.63) is 41.5 Å². The van der Waals surface area contributed by atoms with Crippen LogP contribution < -0.4 is 0 Å². The lowest BCUT2D eigenvalue weighted by molar-refractivity contribution is 0.405. The fraction of sp³-hybridized carbons (Fsp3) is 0.375. The minimum Gasteiger partial charge on any atom is -0.507 e. The first-order chi connectivity index (χ1) is 8.90. The maximum atomic E-state index is 10.1. The molecule has 3 heteroatoms. The number of allylic oxidation sites excluding steroid dienone is 3. The zero-order valence-electron chi connectivity index (χ0n) is 11.3. The molecule has 0 bridgehead atoms. The second-order valence-electron chi connectivity index (χ2n) is 5.43. The largest absolute Gasteiger partial charge is 0.507 e. The van der Waals surface area contributed by atoms with Crippen LogP contribution in [0.15, 0.2) is 40.8 Å². The van der Waals surface area contributed by atoms with E-state index in [1.807, 2.05) is 6.92 Å². The molecule has 0 saturated carbocycles. The highest BCUT2D eigenvalue weighted by molar-refractivity contribution is 7.80. The predicted molar refractivity (Wildman–Crippen MR) is 81.1 cm³/mol. The van der Waals surface area contributed by atoms with E-state index in [1.165, 1.54) is 5.57 Å². The van der Waals surface area contributed by atoms with E-state index in [9.17, 15) is 10.2 Å². The molecular weight excluding hydrogens is 256 g/mol. The van der Waals surface area contributed by atoms with Crippen LogP contribution in [0.5, 0.6) is 11.5 Å². The van der Waals surface area contributed by atoms with Crippen molar-refractivity contribution in [3.8, 4) is 11.5 Å². The van der Waals surface area contributed by atoms with Gasteiger partial charge < -0.3 is 10.2 Å². The summed E-state index contributed by atoms with van der Waals surface area (Å²) in [4.78, 5) is 0.558. The molecule has 0 aromatic heterocycles. The van der Waals surface area contributed by atoms with Crippen LogP contribution in [-0.2, 0) is 0 Å². The highest BCUT2D eigenvalue weighted by Crippen LogP contribution is 2.46. The van der Waals surface area contributed by atoms with Gasteiger partial charge in [-0.15, -0.1) is 12.6 Å². The highest BCUT2D eigenvalue weighted by atomic mass is 32.1. The maximum absolute atomic E-state index is 10.1. The first kappa shape index (κ1) is 14.1. The van der Waals surface area contributed by atoms with Crippen LogP contribution in [0.3, 0.4) is 0 Å². The summed E-state index contributed by atoms with van der Waals surface area (Å²) in [6.07, 6.45) is 4.18. The average Bonchev–Trinajstić information content (AvgIpc) is 2.27. The van der Waals surface area contributed by atoms with Crippen LogP contribution >= 0.6 is 12.6 Å². The van der Waals surface area contributed by atoms with Crippen LogP contribution in [0.2, 0.25) is 0 Å². The number of hydrogen-bond acceptors (Lipinski definition) is 3. The second kappa shape index (κ2) is 5.33. The quantitative estimate of drug-likeness (QED) is 0.553. The zero-order valence-corrected chi connectivity index (χ0v) is 12.2. The van der Waals surface area contributed by atoms with Crippen molar-refractivity contribution in [2.45, 2.75) is 37.5 Å². The van der Waals surface area contributed by atoms with Gasteiger partial charge in [0.05, 0.1) is 0 Å². The van der Waals surface area contributed by atoms with Gasteiger partial charge in [-0.25, -0.2) is 0 Å². The zero-order chi connectivity index (χ0) is 14.2. The molecule has 1 aliphatic rings. The molecule has 0 saturated heterocycles. The molecule has 0 heterocycles. The van der Waals surface area contributed by atoms with E-state index in [0.29, 0.717) is 10.5 Å². The Morgan fingerprint density at radius 2 is 1.89 bits per heavy atom. The average molecular weight is 276 g/mol. The molecule has 0 amide bonds. The first-order valence-corrected chi connectivity index (χ1v) is 6.92. The van der Waals surface area contributed by atoms with Gasteiger partial charge >= 0.3 is 0 Å². The van der Waals surface area contributed by atoms with Crippen molar-refractivity contribution in [3.63, 3.8) is 0 Å². The molecule has 2 nitrogen and oxygen atoms in total. The SMILES string of the molecule is C=C(C)C1CCC(C)=CC1c1c(O)cc(S)cc1O. The Morgan fingerprint density at radius 3 is 2.42 bits per heavy atom. The molecule has 0 aliphatic heterocycles. The van der Waals surface area contributed by atoms with Gasteiger partial charge in [-0.2, -0.15) is 0 Å². The van der Waals surface area contributed by atoms with Crippen LogP contribution in [0, 0.1) is 5.92 Å². The van der Waals surface area contributed by atoms with Gasteiger partial charge in [0.15, 0.2) is 0 Å². The van der Waals surface area contributed by atoms with Crippen molar-refractivity contribution < 1.29 is 10.2 Å². The number of hydrogen-bond donors (Lipinski definition) is 3. The van der Waals surface area contributed by atoms with Gasteiger partial charge in [-0.1, -0.05) is 23.8 Å². The van der Waals surface area contributed by atoms with E-state index >= 15 is 0 Å². The van der Waals surface area contributed by atoms with Gasteiger partial charge in [-0.05, 0) is 44.7 Å². The number of phenols is 2. The van der Waals surface area contributed by atoms with Gasteiger partial charge in [0, 0.05) is 16.4 Å². The molecule has 2 atom stereocenters. The van der Waals surface area contributed by atoms with Crippen molar-refractivity contribution in [2.75, 3.05) is 0 Å². The maximum Gasteiger partial charge on any atom is 0.124 e. The molecule has 19 heavy (non-hydrogen) atoms. The van der Waals surface area contributed by atoms with E-state index in [-0.39, 0.29) is 23.3 Å². The van der Waals surface area contributed by atoms with E-state index in [4.69, 9.17) is 0 Å². The molecule has 2 rings (SSSR count). The summed E-state index contributed by atoms with van der Waals surface area (Å²) < 4.78 is 0. The van der Waals surface area contributed by atoms with Gasteiger partial charge in [0.1, 0.15) is 11.5 Å². The summed E-state index contributed by atoms with van der Waals surface area (Å²) in [6.45, 7) is 8.14. The monoisotopic (exact) mass is 276 g/mol. The molecule has 1 aliphatic carbocycles. The summed E-state index contributed by atoms with van der Waals surface area (Å²) in [5.74, 6) is 0.450. The summed E-state index contributed by atoms with van der Waals surface area (Å²) in [7, 11) is 0. The Kier molecular flexibility index (Phi) is 3.95. The third kappa shape index (κ3) is 2.81. The lowest BCUT2D eigenvalue weighted by Crippen LogP contribution is -2.17. The lowest BCUT2D eigenvalue weighted by atomic mass is 9.74.